The lowest BCUT2D eigenvalue weighted by molar-refractivity contribution is 0.0546. The van der Waals surface area contributed by atoms with E-state index in [1.807, 2.05) is 18.2 Å². The molecule has 0 saturated carbocycles. The molecule has 2 aliphatic rings. The number of fused-ring (bicyclic) bond motifs is 2. The second-order valence-electron chi connectivity index (χ2n) is 12.5. The number of likely N-dealkylation sites (tertiary alicyclic amines) is 1. The van der Waals surface area contributed by atoms with Gasteiger partial charge in [0.25, 0.3) is 5.91 Å². The highest BCUT2D eigenvalue weighted by Gasteiger charge is 2.33. The van der Waals surface area contributed by atoms with Crippen LogP contribution in [0.4, 0.5) is 13.6 Å². The highest BCUT2D eigenvalue weighted by molar-refractivity contribution is 7.87. The number of rotatable bonds is 6. The normalized spacial score (nSPS) is 15.6. The third-order valence-corrected chi connectivity index (χ3v) is 9.48. The monoisotopic (exact) mass is 671 g/mol. The first kappa shape index (κ1) is 32.0. The summed E-state index contributed by atoms with van der Waals surface area (Å²) in [5.41, 5.74) is 1.81. The summed E-state index contributed by atoms with van der Waals surface area (Å²) in [5, 5.41) is 2.83. The Morgan fingerprint density at radius 2 is 1.74 bits per heavy atom. The van der Waals surface area contributed by atoms with Crippen molar-refractivity contribution in [1.82, 2.24) is 14.8 Å². The Balaban J connectivity index is 1.45. The Kier molecular flexibility index (Phi) is 8.32. The smallest absolute Gasteiger partial charge is 0.419 e. The number of nitrogens with one attached hydrogen (secondary N) is 1. The molecule has 0 unspecified atom stereocenters. The van der Waals surface area contributed by atoms with Crippen LogP contribution in [-0.2, 0) is 27.9 Å². The summed E-state index contributed by atoms with van der Waals surface area (Å²) in [4.78, 5) is 28.3. The zero-order valence-electron chi connectivity index (χ0n) is 25.5. The fourth-order valence-corrected chi connectivity index (χ4v) is 7.18. The largest absolute Gasteiger partial charge is 0.443 e. The molecule has 1 N–H and O–H groups in total. The van der Waals surface area contributed by atoms with Gasteiger partial charge in [0.2, 0.25) is 0 Å². The number of amides is 1. The van der Waals surface area contributed by atoms with E-state index < -0.39 is 49.3 Å². The minimum atomic E-state index is -4.83. The van der Waals surface area contributed by atoms with E-state index in [4.69, 9.17) is 20.5 Å². The molecular weight excluding hydrogens is 640 g/mol. The predicted octanol–water partition coefficient (Wildman–Crippen LogP) is 7.02. The maximum atomic E-state index is 14.5. The molecule has 1 fully saturated rings. The van der Waals surface area contributed by atoms with E-state index in [-0.39, 0.29) is 23.4 Å². The highest BCUT2D eigenvalue weighted by Crippen LogP contribution is 2.39. The SMILES string of the molecule is CC(C)(C)OC(=O)n1c(-c2ccc(OS(=O)(=O)c3cc(Cl)c(F)cc3F)c3c2C(=O)NC3)cc2cc(CN3CCCCC3)ccc21. The number of benzene rings is 3. The highest BCUT2D eigenvalue weighted by atomic mass is 35.5. The number of carbonyl (C=O) groups is 2. The van der Waals surface area contributed by atoms with Gasteiger partial charge < -0.3 is 14.2 Å². The summed E-state index contributed by atoms with van der Waals surface area (Å²) in [6.07, 6.45) is 2.88. The molecule has 1 amide bonds. The molecule has 1 aromatic heterocycles. The molecular formula is C33H32ClF2N3O6S. The third kappa shape index (κ3) is 6.21. The van der Waals surface area contributed by atoms with E-state index in [1.165, 1.54) is 23.1 Å². The van der Waals surface area contributed by atoms with Crippen molar-refractivity contribution in [2.75, 3.05) is 13.1 Å². The number of aromatic nitrogens is 1. The van der Waals surface area contributed by atoms with Crippen LogP contribution in [0.3, 0.4) is 0 Å². The lowest BCUT2D eigenvalue weighted by Gasteiger charge is -2.26. The summed E-state index contributed by atoms with van der Waals surface area (Å²) in [6.45, 7) is 7.97. The van der Waals surface area contributed by atoms with Crippen molar-refractivity contribution >= 4 is 44.6 Å². The lowest BCUT2D eigenvalue weighted by atomic mass is 9.99. The van der Waals surface area contributed by atoms with Crippen LogP contribution in [0.25, 0.3) is 22.2 Å². The molecule has 0 bridgehead atoms. The van der Waals surface area contributed by atoms with Crippen molar-refractivity contribution in [2.45, 2.75) is 63.6 Å². The van der Waals surface area contributed by atoms with Gasteiger partial charge in [0, 0.05) is 35.7 Å². The second kappa shape index (κ2) is 12.0. The summed E-state index contributed by atoms with van der Waals surface area (Å²) in [5.74, 6) is -3.26. The molecule has 0 atom stereocenters. The average molecular weight is 672 g/mol. The molecule has 6 rings (SSSR count). The first-order valence-corrected chi connectivity index (χ1v) is 16.6. The molecule has 3 heterocycles. The molecule has 13 heteroatoms. The van der Waals surface area contributed by atoms with Gasteiger partial charge in [-0.05, 0) is 88.7 Å². The van der Waals surface area contributed by atoms with Gasteiger partial charge in [0.15, 0.2) is 0 Å². The summed E-state index contributed by atoms with van der Waals surface area (Å²) < 4.78 is 66.8. The Bertz CT molecular complexity index is 2000. The van der Waals surface area contributed by atoms with E-state index in [2.05, 4.69) is 10.2 Å². The average Bonchev–Trinajstić information content (AvgIpc) is 3.56. The van der Waals surface area contributed by atoms with Crippen LogP contribution in [0.15, 0.2) is 53.4 Å². The van der Waals surface area contributed by atoms with Crippen LogP contribution in [0, 0.1) is 11.6 Å². The molecule has 46 heavy (non-hydrogen) atoms. The number of ether oxygens (including phenoxy) is 1. The Hall–Kier alpha value is -4.00. The van der Waals surface area contributed by atoms with Crippen molar-refractivity contribution in [3.8, 4) is 17.0 Å². The Morgan fingerprint density at radius 1 is 1.00 bits per heavy atom. The second-order valence-corrected chi connectivity index (χ2v) is 14.4. The molecule has 9 nitrogen and oxygen atoms in total. The topological polar surface area (TPSA) is 107 Å². The number of nitrogens with zero attached hydrogens (tertiary/aromatic N) is 2. The number of hydrogen-bond acceptors (Lipinski definition) is 7. The summed E-state index contributed by atoms with van der Waals surface area (Å²) >= 11 is 5.71. The van der Waals surface area contributed by atoms with Crippen LogP contribution >= 0.6 is 11.6 Å². The number of carbonyl (C=O) groups excluding carboxylic acids is 2. The maximum absolute atomic E-state index is 14.5. The number of hydrogen-bond donors (Lipinski definition) is 1. The first-order valence-electron chi connectivity index (χ1n) is 14.9. The zero-order chi connectivity index (χ0) is 33.0. The number of piperidine rings is 1. The standard InChI is InChI=1S/C33H32ClF2N3O6S/c1-33(2,3)44-32(41)39-26-9-7-19(18-38-11-5-4-6-12-38)13-20(26)14-27(39)21-8-10-28(22-17-37-31(40)30(21)22)45-46(42,43)29-15-23(34)24(35)16-25(29)36/h7-10,13-16H,4-6,11-12,17-18H2,1-3H3,(H,37,40). The van der Waals surface area contributed by atoms with Crippen LogP contribution in [0.5, 0.6) is 5.75 Å². The van der Waals surface area contributed by atoms with Crippen LogP contribution < -0.4 is 9.50 Å². The van der Waals surface area contributed by atoms with Gasteiger partial charge >= 0.3 is 16.2 Å². The molecule has 2 aliphatic heterocycles. The lowest BCUT2D eigenvalue weighted by Crippen LogP contribution is -2.29. The van der Waals surface area contributed by atoms with E-state index >= 15 is 0 Å². The zero-order valence-corrected chi connectivity index (χ0v) is 27.0. The van der Waals surface area contributed by atoms with Crippen molar-refractivity contribution in [1.29, 1.82) is 0 Å². The molecule has 0 aliphatic carbocycles. The molecule has 242 valence electrons. The van der Waals surface area contributed by atoms with Gasteiger partial charge in [-0.1, -0.05) is 24.1 Å². The summed E-state index contributed by atoms with van der Waals surface area (Å²) in [7, 11) is -4.83. The van der Waals surface area contributed by atoms with Gasteiger partial charge in [0.1, 0.15) is 27.9 Å². The van der Waals surface area contributed by atoms with Crippen molar-refractivity contribution in [3.63, 3.8) is 0 Å². The quantitative estimate of drug-likeness (QED) is 0.173. The predicted molar refractivity (Wildman–Crippen MR) is 168 cm³/mol. The van der Waals surface area contributed by atoms with E-state index in [0.717, 1.165) is 43.4 Å². The molecule has 1 saturated heterocycles. The van der Waals surface area contributed by atoms with Crippen LogP contribution in [0.1, 0.15) is 61.5 Å². The van der Waals surface area contributed by atoms with Crippen molar-refractivity contribution in [3.05, 3.63) is 81.9 Å². The van der Waals surface area contributed by atoms with Gasteiger partial charge in [0.05, 0.1) is 21.8 Å². The minimum absolute atomic E-state index is 0.0893. The van der Waals surface area contributed by atoms with Gasteiger partial charge in [-0.2, -0.15) is 8.42 Å². The first-order chi connectivity index (χ1) is 21.7. The fraction of sp³-hybridized carbons (Fsp3) is 0.333. The minimum Gasteiger partial charge on any atom is -0.443 e. The van der Waals surface area contributed by atoms with Crippen molar-refractivity contribution < 1.29 is 35.7 Å². The van der Waals surface area contributed by atoms with Gasteiger partial charge in [-0.3, -0.25) is 9.69 Å². The van der Waals surface area contributed by atoms with E-state index in [1.54, 1.807) is 26.8 Å². The van der Waals surface area contributed by atoms with Crippen molar-refractivity contribution in [2.24, 2.45) is 0 Å². The van der Waals surface area contributed by atoms with Crippen LogP contribution in [0.2, 0.25) is 5.02 Å². The third-order valence-electron chi connectivity index (χ3n) is 7.94. The van der Waals surface area contributed by atoms with Crippen LogP contribution in [-0.4, -0.2) is 48.6 Å². The van der Waals surface area contributed by atoms with Gasteiger partial charge in [-0.25, -0.2) is 18.1 Å². The Labute approximate surface area is 270 Å². The number of halogens is 3. The van der Waals surface area contributed by atoms with E-state index in [9.17, 15) is 26.8 Å². The molecule has 0 spiro atoms. The molecule has 4 aromatic rings. The fourth-order valence-electron chi connectivity index (χ4n) is 5.91. The maximum Gasteiger partial charge on any atom is 0.419 e. The van der Waals surface area contributed by atoms with E-state index in [0.29, 0.717) is 28.9 Å². The summed E-state index contributed by atoms with van der Waals surface area (Å²) in [6, 6.07) is 11.4. The van der Waals surface area contributed by atoms with Gasteiger partial charge in [-0.15, -0.1) is 0 Å². The molecule has 3 aromatic carbocycles. The molecule has 0 radical (unpaired) electrons. The Morgan fingerprint density at radius 3 is 2.46 bits per heavy atom.